The van der Waals surface area contributed by atoms with Crippen LogP contribution in [-0.2, 0) is 11.3 Å². The van der Waals surface area contributed by atoms with E-state index >= 15 is 0 Å². The van der Waals surface area contributed by atoms with Gasteiger partial charge >= 0.3 is 0 Å². The minimum atomic E-state index is 0.165. The van der Waals surface area contributed by atoms with Gasteiger partial charge in [-0.25, -0.2) is 0 Å². The van der Waals surface area contributed by atoms with E-state index in [2.05, 4.69) is 5.32 Å². The summed E-state index contributed by atoms with van der Waals surface area (Å²) >= 11 is 1.99. The van der Waals surface area contributed by atoms with Crippen LogP contribution in [0.3, 0.4) is 0 Å². The summed E-state index contributed by atoms with van der Waals surface area (Å²) in [6, 6.07) is 5.84. The average molecular weight is 278 g/mol. The Balaban J connectivity index is 1.81. The average Bonchev–Trinajstić information content (AvgIpc) is 2.42. The lowest BCUT2D eigenvalue weighted by Gasteiger charge is -2.20. The van der Waals surface area contributed by atoms with Crippen molar-refractivity contribution in [2.75, 3.05) is 17.2 Å². The van der Waals surface area contributed by atoms with E-state index in [-0.39, 0.29) is 5.91 Å². The summed E-state index contributed by atoms with van der Waals surface area (Å²) in [6.07, 6.45) is 3.02. The Morgan fingerprint density at radius 1 is 1.42 bits per heavy atom. The number of carbonyl (C=O) groups excluding carboxylic acids is 1. The highest BCUT2D eigenvalue weighted by atomic mass is 32.2. The van der Waals surface area contributed by atoms with Crippen LogP contribution in [0.4, 0.5) is 5.69 Å². The van der Waals surface area contributed by atoms with Crippen LogP contribution in [0.1, 0.15) is 30.4 Å². The van der Waals surface area contributed by atoms with E-state index in [4.69, 9.17) is 5.73 Å². The van der Waals surface area contributed by atoms with E-state index in [1.54, 1.807) is 0 Å². The fourth-order valence-corrected chi connectivity index (χ4v) is 3.58. The van der Waals surface area contributed by atoms with Gasteiger partial charge in [-0.15, -0.1) is 0 Å². The van der Waals surface area contributed by atoms with Gasteiger partial charge in [0.2, 0.25) is 5.91 Å². The van der Waals surface area contributed by atoms with Crippen molar-refractivity contribution < 1.29 is 4.79 Å². The molecule has 0 radical (unpaired) electrons. The summed E-state index contributed by atoms with van der Waals surface area (Å²) in [5.74, 6) is 3.14. The first-order chi connectivity index (χ1) is 9.16. The van der Waals surface area contributed by atoms with Gasteiger partial charge in [-0.1, -0.05) is 12.1 Å². The molecule has 104 valence electrons. The maximum Gasteiger partial charge on any atom is 0.220 e. The molecular formula is C15H22N2OS. The van der Waals surface area contributed by atoms with E-state index in [0.29, 0.717) is 18.9 Å². The van der Waals surface area contributed by atoms with Crippen LogP contribution >= 0.6 is 11.8 Å². The van der Waals surface area contributed by atoms with Crippen LogP contribution in [0.15, 0.2) is 18.2 Å². The predicted octanol–water partition coefficient (Wildman–Crippen LogP) is 2.73. The first-order valence-electron chi connectivity index (χ1n) is 6.85. The molecule has 0 spiro atoms. The van der Waals surface area contributed by atoms with Gasteiger partial charge < -0.3 is 11.1 Å². The zero-order chi connectivity index (χ0) is 13.7. The molecule has 0 unspecified atom stereocenters. The van der Waals surface area contributed by atoms with Gasteiger partial charge in [0, 0.05) is 18.7 Å². The lowest BCUT2D eigenvalue weighted by molar-refractivity contribution is -0.122. The van der Waals surface area contributed by atoms with E-state index in [0.717, 1.165) is 16.8 Å². The second-order valence-electron chi connectivity index (χ2n) is 5.17. The number of nitrogen functional groups attached to an aromatic ring is 1. The Labute approximate surface area is 119 Å². The lowest BCUT2D eigenvalue weighted by Crippen LogP contribution is -2.26. The van der Waals surface area contributed by atoms with Gasteiger partial charge in [-0.05, 0) is 54.4 Å². The second kappa shape index (κ2) is 6.85. The number of nitrogens with two attached hydrogens (primary N) is 1. The molecule has 1 saturated heterocycles. The number of hydrogen-bond donors (Lipinski definition) is 2. The molecule has 3 N–H and O–H groups in total. The van der Waals surface area contributed by atoms with Gasteiger partial charge in [-0.2, -0.15) is 11.8 Å². The van der Waals surface area contributed by atoms with Gasteiger partial charge in [-0.3, -0.25) is 4.79 Å². The Morgan fingerprint density at radius 2 is 2.16 bits per heavy atom. The Morgan fingerprint density at radius 3 is 2.89 bits per heavy atom. The third kappa shape index (κ3) is 4.16. The molecule has 1 aromatic rings. The molecule has 0 aliphatic carbocycles. The molecule has 4 heteroatoms. The number of benzene rings is 1. The van der Waals surface area contributed by atoms with Gasteiger partial charge in [0.25, 0.3) is 0 Å². The van der Waals surface area contributed by atoms with Crippen molar-refractivity contribution in [1.29, 1.82) is 0 Å². The first kappa shape index (κ1) is 14.3. The zero-order valence-electron chi connectivity index (χ0n) is 11.4. The molecule has 2 rings (SSSR count). The van der Waals surface area contributed by atoms with E-state index in [1.165, 1.54) is 24.3 Å². The summed E-state index contributed by atoms with van der Waals surface area (Å²) in [4.78, 5) is 11.9. The molecule has 1 aliphatic heterocycles. The smallest absolute Gasteiger partial charge is 0.220 e. The predicted molar refractivity (Wildman–Crippen MR) is 82.1 cm³/mol. The molecular weight excluding hydrogens is 256 g/mol. The van der Waals surface area contributed by atoms with E-state index in [1.807, 2.05) is 36.9 Å². The third-order valence-electron chi connectivity index (χ3n) is 3.78. The van der Waals surface area contributed by atoms with Crippen LogP contribution in [0.25, 0.3) is 0 Å². The quantitative estimate of drug-likeness (QED) is 0.833. The number of hydrogen-bond acceptors (Lipinski definition) is 3. The topological polar surface area (TPSA) is 55.1 Å². The largest absolute Gasteiger partial charge is 0.399 e. The van der Waals surface area contributed by atoms with Crippen molar-refractivity contribution in [3.8, 4) is 0 Å². The zero-order valence-corrected chi connectivity index (χ0v) is 12.3. The normalized spacial score (nSPS) is 16.3. The molecule has 0 atom stereocenters. The lowest BCUT2D eigenvalue weighted by atomic mass is 9.98. The molecule has 1 fully saturated rings. The maximum absolute atomic E-state index is 11.9. The van der Waals surface area contributed by atoms with Crippen molar-refractivity contribution in [2.45, 2.75) is 32.7 Å². The summed E-state index contributed by atoms with van der Waals surface area (Å²) < 4.78 is 0. The van der Waals surface area contributed by atoms with E-state index in [9.17, 15) is 4.79 Å². The van der Waals surface area contributed by atoms with E-state index < -0.39 is 0 Å². The van der Waals surface area contributed by atoms with Crippen LogP contribution in [0, 0.1) is 12.8 Å². The second-order valence-corrected chi connectivity index (χ2v) is 6.39. The number of carbonyl (C=O) groups is 1. The standard InChI is InChI=1S/C15H22N2OS/c1-11-13(3-2-4-14(11)16)10-17-15(18)9-12-5-7-19-8-6-12/h2-4,12H,5-10,16H2,1H3,(H,17,18). The van der Waals surface area contributed by atoms with Crippen molar-refractivity contribution in [2.24, 2.45) is 5.92 Å². The fraction of sp³-hybridized carbons (Fsp3) is 0.533. The van der Waals surface area contributed by atoms with Crippen molar-refractivity contribution in [1.82, 2.24) is 5.32 Å². The summed E-state index contributed by atoms with van der Waals surface area (Å²) in [6.45, 7) is 2.58. The Hall–Kier alpha value is -1.16. The molecule has 1 aliphatic rings. The maximum atomic E-state index is 11.9. The SMILES string of the molecule is Cc1c(N)cccc1CNC(=O)CC1CCSCC1. The number of thioether (sulfide) groups is 1. The molecule has 1 heterocycles. The first-order valence-corrected chi connectivity index (χ1v) is 8.00. The summed E-state index contributed by atoms with van der Waals surface area (Å²) in [5.41, 5.74) is 8.82. The molecule has 3 nitrogen and oxygen atoms in total. The summed E-state index contributed by atoms with van der Waals surface area (Å²) in [5, 5.41) is 3.01. The Bertz CT molecular complexity index is 442. The van der Waals surface area contributed by atoms with Gasteiger partial charge in [0.15, 0.2) is 0 Å². The van der Waals surface area contributed by atoms with Crippen LogP contribution in [-0.4, -0.2) is 17.4 Å². The van der Waals surface area contributed by atoms with Crippen LogP contribution < -0.4 is 11.1 Å². The third-order valence-corrected chi connectivity index (χ3v) is 4.83. The molecule has 1 aromatic carbocycles. The molecule has 0 saturated carbocycles. The highest BCUT2D eigenvalue weighted by Gasteiger charge is 2.17. The van der Waals surface area contributed by atoms with Crippen LogP contribution in [0.5, 0.6) is 0 Å². The minimum absolute atomic E-state index is 0.165. The Kier molecular flexibility index (Phi) is 5.14. The monoisotopic (exact) mass is 278 g/mol. The number of amides is 1. The van der Waals surface area contributed by atoms with Crippen molar-refractivity contribution >= 4 is 23.4 Å². The molecule has 0 aromatic heterocycles. The highest BCUT2D eigenvalue weighted by Crippen LogP contribution is 2.25. The molecule has 1 amide bonds. The minimum Gasteiger partial charge on any atom is -0.399 e. The van der Waals surface area contributed by atoms with Crippen molar-refractivity contribution in [3.05, 3.63) is 29.3 Å². The summed E-state index contributed by atoms with van der Waals surface area (Å²) in [7, 11) is 0. The molecule has 0 bridgehead atoms. The fourth-order valence-electron chi connectivity index (χ4n) is 2.37. The highest BCUT2D eigenvalue weighted by molar-refractivity contribution is 7.99. The van der Waals surface area contributed by atoms with Crippen molar-refractivity contribution in [3.63, 3.8) is 0 Å². The molecule has 19 heavy (non-hydrogen) atoms. The van der Waals surface area contributed by atoms with Gasteiger partial charge in [0.05, 0.1) is 0 Å². The number of nitrogens with one attached hydrogen (secondary N) is 1. The number of anilines is 1. The van der Waals surface area contributed by atoms with Gasteiger partial charge in [0.1, 0.15) is 0 Å². The van der Waals surface area contributed by atoms with Crippen LogP contribution in [0.2, 0.25) is 0 Å². The number of rotatable bonds is 4.